The minimum absolute atomic E-state index is 0.548. The molecule has 1 atom stereocenters. The van der Waals surface area contributed by atoms with E-state index in [1.165, 1.54) is 0 Å². The van der Waals surface area contributed by atoms with Crippen molar-refractivity contribution in [1.82, 2.24) is 0 Å². The number of hydrogen-bond acceptors (Lipinski definition) is 4. The average molecular weight is 287 g/mol. The van der Waals surface area contributed by atoms with E-state index in [0.29, 0.717) is 18.1 Å². The van der Waals surface area contributed by atoms with Crippen molar-refractivity contribution in [2.45, 2.75) is 13.0 Å². The molecule has 0 fully saturated rings. The molecule has 0 heterocycles. The quantitative estimate of drug-likeness (QED) is 0.856. The van der Waals surface area contributed by atoms with E-state index in [9.17, 15) is 5.11 Å². The maximum absolute atomic E-state index is 10.5. The Morgan fingerprint density at radius 3 is 2.29 bits per heavy atom. The number of anilines is 1. The molecule has 0 saturated carbocycles. The molecular weight excluding hydrogens is 266 g/mol. The summed E-state index contributed by atoms with van der Waals surface area (Å²) in [6.45, 7) is 2.46. The van der Waals surface area contributed by atoms with Gasteiger partial charge < -0.3 is 19.9 Å². The molecule has 2 aromatic carbocycles. The van der Waals surface area contributed by atoms with Crippen molar-refractivity contribution in [3.05, 3.63) is 53.6 Å². The van der Waals surface area contributed by atoms with Gasteiger partial charge in [0.2, 0.25) is 0 Å². The SMILES string of the molecule is CCOc1cc([C@H](O)c2ccc(NC)cc2)ccc1OC. The number of hydrogen-bond donors (Lipinski definition) is 2. The fourth-order valence-corrected chi connectivity index (χ4v) is 2.16. The van der Waals surface area contributed by atoms with Crippen LogP contribution in [-0.4, -0.2) is 25.9 Å². The first-order valence-electron chi connectivity index (χ1n) is 6.96. The second-order valence-corrected chi connectivity index (χ2v) is 4.62. The monoisotopic (exact) mass is 287 g/mol. The zero-order chi connectivity index (χ0) is 15.2. The van der Waals surface area contributed by atoms with Gasteiger partial charge in [-0.05, 0) is 42.3 Å². The first-order chi connectivity index (χ1) is 10.2. The molecule has 0 aromatic heterocycles. The maximum Gasteiger partial charge on any atom is 0.161 e. The molecule has 4 heteroatoms. The van der Waals surface area contributed by atoms with Crippen LogP contribution in [0.1, 0.15) is 24.2 Å². The van der Waals surface area contributed by atoms with Crippen LogP contribution in [0, 0.1) is 0 Å². The Balaban J connectivity index is 2.28. The summed E-state index contributed by atoms with van der Waals surface area (Å²) in [4.78, 5) is 0. The highest BCUT2D eigenvalue weighted by Gasteiger charge is 2.13. The minimum atomic E-state index is -0.694. The van der Waals surface area contributed by atoms with Gasteiger partial charge in [0.05, 0.1) is 13.7 Å². The van der Waals surface area contributed by atoms with E-state index in [4.69, 9.17) is 9.47 Å². The summed E-state index contributed by atoms with van der Waals surface area (Å²) in [6, 6.07) is 13.2. The summed E-state index contributed by atoms with van der Waals surface area (Å²) in [5.74, 6) is 1.31. The van der Waals surface area contributed by atoms with Gasteiger partial charge in [-0.25, -0.2) is 0 Å². The van der Waals surface area contributed by atoms with E-state index in [1.54, 1.807) is 7.11 Å². The number of nitrogens with one attached hydrogen (secondary N) is 1. The molecule has 0 bridgehead atoms. The summed E-state index contributed by atoms with van der Waals surface area (Å²) in [7, 11) is 3.47. The number of aliphatic hydroxyl groups is 1. The highest BCUT2D eigenvalue weighted by molar-refractivity contribution is 5.48. The van der Waals surface area contributed by atoms with E-state index < -0.39 is 6.10 Å². The molecule has 2 aromatic rings. The van der Waals surface area contributed by atoms with Gasteiger partial charge in [-0.2, -0.15) is 0 Å². The topological polar surface area (TPSA) is 50.7 Å². The van der Waals surface area contributed by atoms with Crippen LogP contribution >= 0.6 is 0 Å². The molecule has 0 saturated heterocycles. The van der Waals surface area contributed by atoms with Crippen molar-refractivity contribution in [1.29, 1.82) is 0 Å². The van der Waals surface area contributed by atoms with Crippen molar-refractivity contribution in [2.75, 3.05) is 26.1 Å². The van der Waals surface area contributed by atoms with Crippen LogP contribution in [0.2, 0.25) is 0 Å². The fourth-order valence-electron chi connectivity index (χ4n) is 2.16. The lowest BCUT2D eigenvalue weighted by molar-refractivity contribution is 0.219. The van der Waals surface area contributed by atoms with Crippen LogP contribution in [0.5, 0.6) is 11.5 Å². The lowest BCUT2D eigenvalue weighted by Gasteiger charge is -2.15. The Morgan fingerprint density at radius 2 is 1.71 bits per heavy atom. The summed E-state index contributed by atoms with van der Waals surface area (Å²) >= 11 is 0. The summed E-state index contributed by atoms with van der Waals surface area (Å²) in [6.07, 6.45) is -0.694. The first kappa shape index (κ1) is 15.2. The Hall–Kier alpha value is -2.20. The highest BCUT2D eigenvalue weighted by Crippen LogP contribution is 2.32. The van der Waals surface area contributed by atoms with Gasteiger partial charge in [0, 0.05) is 12.7 Å². The molecule has 0 spiro atoms. The van der Waals surface area contributed by atoms with E-state index in [1.807, 2.05) is 56.4 Å². The van der Waals surface area contributed by atoms with Gasteiger partial charge in [-0.3, -0.25) is 0 Å². The van der Waals surface area contributed by atoms with E-state index in [-0.39, 0.29) is 0 Å². The summed E-state index contributed by atoms with van der Waals surface area (Å²) in [5.41, 5.74) is 2.62. The number of benzene rings is 2. The Bertz CT molecular complexity index is 581. The van der Waals surface area contributed by atoms with Crippen LogP contribution in [0.25, 0.3) is 0 Å². The third-order valence-electron chi connectivity index (χ3n) is 3.32. The predicted octanol–water partition coefficient (Wildman–Crippen LogP) is 3.22. The first-order valence-corrected chi connectivity index (χ1v) is 6.96. The van der Waals surface area contributed by atoms with Crippen molar-refractivity contribution in [3.63, 3.8) is 0 Å². The van der Waals surface area contributed by atoms with Crippen molar-refractivity contribution in [3.8, 4) is 11.5 Å². The Morgan fingerprint density at radius 1 is 1.05 bits per heavy atom. The molecule has 2 N–H and O–H groups in total. The summed E-state index contributed by atoms with van der Waals surface area (Å²) in [5, 5.41) is 13.6. The molecule has 0 unspecified atom stereocenters. The van der Waals surface area contributed by atoms with E-state index in [0.717, 1.165) is 16.8 Å². The zero-order valence-electron chi connectivity index (χ0n) is 12.6. The van der Waals surface area contributed by atoms with Crippen LogP contribution < -0.4 is 14.8 Å². The van der Waals surface area contributed by atoms with Crippen LogP contribution in [-0.2, 0) is 0 Å². The second-order valence-electron chi connectivity index (χ2n) is 4.62. The number of rotatable bonds is 6. The van der Waals surface area contributed by atoms with Gasteiger partial charge in [-0.15, -0.1) is 0 Å². The molecule has 0 aliphatic heterocycles. The summed E-state index contributed by atoms with van der Waals surface area (Å²) < 4.78 is 10.8. The van der Waals surface area contributed by atoms with E-state index in [2.05, 4.69) is 5.32 Å². The molecule has 4 nitrogen and oxygen atoms in total. The molecule has 0 radical (unpaired) electrons. The lowest BCUT2D eigenvalue weighted by atomic mass is 10.0. The molecule has 0 aliphatic rings. The average Bonchev–Trinajstić information content (AvgIpc) is 2.54. The fraction of sp³-hybridized carbons (Fsp3) is 0.294. The third kappa shape index (κ3) is 3.47. The smallest absolute Gasteiger partial charge is 0.161 e. The maximum atomic E-state index is 10.5. The molecule has 21 heavy (non-hydrogen) atoms. The Kier molecular flexibility index (Phi) is 5.06. The zero-order valence-corrected chi connectivity index (χ0v) is 12.6. The standard InChI is InChI=1S/C17H21NO3/c1-4-21-16-11-13(7-10-15(16)20-3)17(19)12-5-8-14(18-2)9-6-12/h5-11,17-19H,4H2,1-3H3/t17-/m1/s1. The largest absolute Gasteiger partial charge is 0.493 e. The molecule has 2 rings (SSSR count). The molecule has 112 valence electrons. The van der Waals surface area contributed by atoms with Crippen LogP contribution in [0.4, 0.5) is 5.69 Å². The molecular formula is C17H21NO3. The second kappa shape index (κ2) is 6.99. The predicted molar refractivity (Wildman–Crippen MR) is 84.2 cm³/mol. The molecule has 0 amide bonds. The normalized spacial score (nSPS) is 11.8. The van der Waals surface area contributed by atoms with Gasteiger partial charge in [0.15, 0.2) is 11.5 Å². The third-order valence-corrected chi connectivity index (χ3v) is 3.32. The van der Waals surface area contributed by atoms with E-state index >= 15 is 0 Å². The van der Waals surface area contributed by atoms with Gasteiger partial charge in [-0.1, -0.05) is 18.2 Å². The minimum Gasteiger partial charge on any atom is -0.493 e. The van der Waals surface area contributed by atoms with Crippen LogP contribution in [0.3, 0.4) is 0 Å². The van der Waals surface area contributed by atoms with Crippen LogP contribution in [0.15, 0.2) is 42.5 Å². The lowest BCUT2D eigenvalue weighted by Crippen LogP contribution is -2.02. The number of aliphatic hydroxyl groups excluding tert-OH is 1. The number of ether oxygens (including phenoxy) is 2. The van der Waals surface area contributed by atoms with Crippen molar-refractivity contribution < 1.29 is 14.6 Å². The van der Waals surface area contributed by atoms with Gasteiger partial charge >= 0.3 is 0 Å². The van der Waals surface area contributed by atoms with Crippen molar-refractivity contribution >= 4 is 5.69 Å². The van der Waals surface area contributed by atoms with Gasteiger partial charge in [0.1, 0.15) is 6.10 Å². The highest BCUT2D eigenvalue weighted by atomic mass is 16.5. The van der Waals surface area contributed by atoms with Gasteiger partial charge in [0.25, 0.3) is 0 Å². The van der Waals surface area contributed by atoms with Crippen molar-refractivity contribution in [2.24, 2.45) is 0 Å². The Labute approximate surface area is 125 Å². The molecule has 0 aliphatic carbocycles. The number of methoxy groups -OCH3 is 1.